The Balaban J connectivity index is 1.56. The summed E-state index contributed by atoms with van der Waals surface area (Å²) in [6, 6.07) is 10.3. The third-order valence-corrected chi connectivity index (χ3v) is 7.65. The molecule has 1 saturated heterocycles. The fourth-order valence-electron chi connectivity index (χ4n) is 5.20. The minimum atomic E-state index is -5.03. The van der Waals surface area contributed by atoms with E-state index in [0.717, 1.165) is 35.1 Å². The van der Waals surface area contributed by atoms with Gasteiger partial charge in [-0.25, -0.2) is 4.98 Å². The van der Waals surface area contributed by atoms with Crippen molar-refractivity contribution in [3.8, 4) is 5.88 Å². The number of carbonyl (C=O) groups is 1. The van der Waals surface area contributed by atoms with Gasteiger partial charge in [-0.05, 0) is 80.1 Å². The molecular weight excluding hydrogens is 560 g/mol. The minimum absolute atomic E-state index is 0.0413. The molecule has 1 amide bonds. The van der Waals surface area contributed by atoms with E-state index in [1.54, 1.807) is 19.4 Å². The molecule has 226 valence electrons. The summed E-state index contributed by atoms with van der Waals surface area (Å²) in [7, 11) is 1.54. The molecule has 1 aliphatic rings. The molecule has 2 aromatic carbocycles. The van der Waals surface area contributed by atoms with Gasteiger partial charge >= 0.3 is 12.4 Å². The number of halogens is 6. The number of aromatic nitrogens is 1. The third-order valence-electron chi connectivity index (χ3n) is 7.65. The first kappa shape index (κ1) is 31.3. The fourth-order valence-corrected chi connectivity index (χ4v) is 5.20. The van der Waals surface area contributed by atoms with Gasteiger partial charge in [0.15, 0.2) is 0 Å². The molecule has 0 bridgehead atoms. The maximum Gasteiger partial charge on any atom is 0.416 e. The van der Waals surface area contributed by atoms with Crippen molar-refractivity contribution >= 4 is 5.91 Å². The van der Waals surface area contributed by atoms with Crippen LogP contribution in [-0.4, -0.2) is 60.0 Å². The third kappa shape index (κ3) is 7.81. The van der Waals surface area contributed by atoms with E-state index >= 15 is 0 Å². The smallest absolute Gasteiger partial charge is 0.416 e. The zero-order chi connectivity index (χ0) is 30.7. The number of alkyl halides is 6. The maximum atomic E-state index is 13.6. The highest BCUT2D eigenvalue weighted by Gasteiger charge is 2.39. The van der Waals surface area contributed by atoms with Crippen LogP contribution in [0.2, 0.25) is 0 Å². The highest BCUT2D eigenvalue weighted by molar-refractivity contribution is 5.95. The van der Waals surface area contributed by atoms with Gasteiger partial charge in [0.05, 0.1) is 18.2 Å². The van der Waals surface area contributed by atoms with E-state index in [9.17, 15) is 31.1 Å². The summed E-state index contributed by atoms with van der Waals surface area (Å²) < 4.78 is 86.1. The molecule has 5 nitrogen and oxygen atoms in total. The predicted molar refractivity (Wildman–Crippen MR) is 146 cm³/mol. The van der Waals surface area contributed by atoms with Crippen molar-refractivity contribution in [2.75, 3.05) is 33.3 Å². The summed E-state index contributed by atoms with van der Waals surface area (Å²) in [5, 5.41) is 0. The molecule has 1 fully saturated rings. The van der Waals surface area contributed by atoms with Gasteiger partial charge < -0.3 is 9.64 Å². The Hall–Kier alpha value is -3.60. The lowest BCUT2D eigenvalue weighted by Crippen LogP contribution is -2.56. The molecule has 11 heteroatoms. The monoisotopic (exact) mass is 593 g/mol. The van der Waals surface area contributed by atoms with Crippen molar-refractivity contribution in [3.05, 3.63) is 93.7 Å². The molecule has 0 radical (unpaired) electrons. The van der Waals surface area contributed by atoms with E-state index < -0.39 is 41.0 Å². The molecule has 0 aliphatic carbocycles. The number of benzene rings is 2. The SMILES string of the molecule is COc1ccc(CCCN2CCN(C(=O)c3cc(C(F)(F)F)cc(C(F)(F)F)c3)[C@H](Cc3ccc(C)c(C)c3)C2)cn1. The second-order valence-corrected chi connectivity index (χ2v) is 10.7. The standard InChI is InChI=1S/C31H33F6N3O2/c1-20-6-7-23(13-21(20)2)14-27-19-39(10-4-5-22-8-9-28(42-3)38-18-22)11-12-40(27)29(41)24-15-25(30(32,33)34)17-26(16-24)31(35,36)37/h6-9,13,15-18,27H,4-5,10-12,14,19H2,1-3H3/t27-/m1/s1. The van der Waals surface area contributed by atoms with Gasteiger partial charge in [-0.1, -0.05) is 24.3 Å². The zero-order valence-electron chi connectivity index (χ0n) is 23.6. The summed E-state index contributed by atoms with van der Waals surface area (Å²) >= 11 is 0. The van der Waals surface area contributed by atoms with Crippen LogP contribution in [0.1, 0.15) is 50.2 Å². The Kier molecular flexibility index (Phi) is 9.50. The van der Waals surface area contributed by atoms with Gasteiger partial charge in [0.2, 0.25) is 5.88 Å². The van der Waals surface area contributed by atoms with E-state index in [1.807, 2.05) is 38.1 Å². The maximum absolute atomic E-state index is 13.6. The number of hydrogen-bond acceptors (Lipinski definition) is 4. The summed E-state index contributed by atoms with van der Waals surface area (Å²) in [4.78, 5) is 21.4. The summed E-state index contributed by atoms with van der Waals surface area (Å²) in [5.74, 6) is -0.318. The Morgan fingerprint density at radius 1 is 0.905 bits per heavy atom. The molecule has 4 rings (SSSR count). The number of nitrogens with zero attached hydrogens (tertiary/aromatic N) is 3. The fraction of sp³-hybridized carbons (Fsp3) is 0.419. The quantitative estimate of drug-likeness (QED) is 0.271. The normalized spacial score (nSPS) is 16.5. The van der Waals surface area contributed by atoms with Crippen LogP contribution in [-0.2, 0) is 25.2 Å². The van der Waals surface area contributed by atoms with Crippen LogP contribution in [0.15, 0.2) is 54.7 Å². The largest absolute Gasteiger partial charge is 0.481 e. The van der Waals surface area contributed by atoms with E-state index in [1.165, 1.54) is 4.90 Å². The summed E-state index contributed by atoms with van der Waals surface area (Å²) in [6.45, 7) is 5.70. The molecule has 0 saturated carbocycles. The van der Waals surface area contributed by atoms with Gasteiger partial charge in [0, 0.05) is 43.5 Å². The lowest BCUT2D eigenvalue weighted by molar-refractivity contribution is -0.143. The lowest BCUT2D eigenvalue weighted by atomic mass is 9.97. The zero-order valence-corrected chi connectivity index (χ0v) is 23.6. The number of carbonyl (C=O) groups excluding carboxylic acids is 1. The van der Waals surface area contributed by atoms with Crippen LogP contribution >= 0.6 is 0 Å². The van der Waals surface area contributed by atoms with Crippen molar-refractivity contribution in [1.82, 2.24) is 14.8 Å². The number of amides is 1. The Morgan fingerprint density at radius 2 is 1.57 bits per heavy atom. The first-order valence-electron chi connectivity index (χ1n) is 13.6. The van der Waals surface area contributed by atoms with E-state index in [-0.39, 0.29) is 12.6 Å². The van der Waals surface area contributed by atoms with E-state index in [2.05, 4.69) is 9.88 Å². The van der Waals surface area contributed by atoms with Gasteiger partial charge in [-0.3, -0.25) is 9.69 Å². The lowest BCUT2D eigenvalue weighted by Gasteiger charge is -2.42. The van der Waals surface area contributed by atoms with Crippen LogP contribution in [0, 0.1) is 13.8 Å². The molecule has 1 aliphatic heterocycles. The molecule has 0 spiro atoms. The number of ether oxygens (including phenoxy) is 1. The predicted octanol–water partition coefficient (Wildman–Crippen LogP) is 6.75. The van der Waals surface area contributed by atoms with Crippen LogP contribution in [0.5, 0.6) is 5.88 Å². The number of piperazine rings is 1. The minimum Gasteiger partial charge on any atom is -0.481 e. The van der Waals surface area contributed by atoms with Gasteiger partial charge in [-0.15, -0.1) is 0 Å². The second-order valence-electron chi connectivity index (χ2n) is 10.7. The first-order valence-corrected chi connectivity index (χ1v) is 13.6. The number of hydrogen-bond donors (Lipinski definition) is 0. The van der Waals surface area contributed by atoms with Crippen LogP contribution < -0.4 is 4.74 Å². The van der Waals surface area contributed by atoms with E-state index in [4.69, 9.17) is 4.74 Å². The van der Waals surface area contributed by atoms with Gasteiger partial charge in [0.1, 0.15) is 0 Å². The van der Waals surface area contributed by atoms with Crippen LogP contribution in [0.3, 0.4) is 0 Å². The highest BCUT2D eigenvalue weighted by Crippen LogP contribution is 2.37. The highest BCUT2D eigenvalue weighted by atomic mass is 19.4. The second kappa shape index (κ2) is 12.7. The van der Waals surface area contributed by atoms with Crippen molar-refractivity contribution in [3.63, 3.8) is 0 Å². The number of rotatable bonds is 8. The molecule has 3 aromatic rings. The van der Waals surface area contributed by atoms with Gasteiger partial charge in [0.25, 0.3) is 5.91 Å². The average molecular weight is 594 g/mol. The molecule has 0 N–H and O–H groups in total. The molecular formula is C31H33F6N3O2. The molecule has 1 aromatic heterocycles. The number of pyridine rings is 1. The first-order chi connectivity index (χ1) is 19.7. The number of methoxy groups -OCH3 is 1. The molecule has 0 unspecified atom stereocenters. The Morgan fingerprint density at radius 3 is 2.14 bits per heavy atom. The Bertz CT molecular complexity index is 1360. The Labute approximate surface area is 241 Å². The summed E-state index contributed by atoms with van der Waals surface area (Å²) in [6.07, 6.45) is -6.33. The van der Waals surface area contributed by atoms with Crippen molar-refractivity contribution < 1.29 is 35.9 Å². The summed E-state index contributed by atoms with van der Waals surface area (Å²) in [5.41, 5.74) is 0.500. The van der Waals surface area contributed by atoms with Crippen molar-refractivity contribution in [2.45, 2.75) is 51.5 Å². The van der Waals surface area contributed by atoms with E-state index in [0.29, 0.717) is 44.1 Å². The van der Waals surface area contributed by atoms with Gasteiger partial charge in [-0.2, -0.15) is 26.3 Å². The van der Waals surface area contributed by atoms with Crippen molar-refractivity contribution in [2.24, 2.45) is 0 Å². The molecule has 42 heavy (non-hydrogen) atoms. The molecule has 1 atom stereocenters. The van der Waals surface area contributed by atoms with Crippen LogP contribution in [0.25, 0.3) is 0 Å². The topological polar surface area (TPSA) is 45.7 Å². The van der Waals surface area contributed by atoms with Crippen molar-refractivity contribution in [1.29, 1.82) is 0 Å². The molecule has 2 heterocycles. The number of aryl methyl sites for hydroxylation is 3. The van der Waals surface area contributed by atoms with Crippen LogP contribution in [0.4, 0.5) is 26.3 Å². The average Bonchev–Trinajstić information content (AvgIpc) is 2.94.